The number of amides is 2. The van der Waals surface area contributed by atoms with Gasteiger partial charge in [-0.2, -0.15) is 0 Å². The average molecular weight is 468 g/mol. The van der Waals surface area contributed by atoms with Gasteiger partial charge >= 0.3 is 0 Å². The Labute approximate surface area is 200 Å². The van der Waals surface area contributed by atoms with Crippen molar-refractivity contribution in [3.63, 3.8) is 0 Å². The molecule has 2 saturated heterocycles. The van der Waals surface area contributed by atoms with Gasteiger partial charge in [-0.1, -0.05) is 37.7 Å². The molecule has 0 saturated carbocycles. The first kappa shape index (κ1) is 23.5. The quantitative estimate of drug-likeness (QED) is 0.476. The lowest BCUT2D eigenvalue weighted by Crippen LogP contribution is -2.50. The standard InChI is InChI=1S/C25H33N5O2S/c1-18(2)22-16-23(29-9-4-5-10-29)27-25(26-22)33-17-20-7-6-8-21(15-20)24(32)30-13-11-28(12-14-30)19(3)31/h6-8,15-16,18H,4-5,9-14,17H2,1-3H3. The summed E-state index contributed by atoms with van der Waals surface area (Å²) in [5, 5.41) is 0.792. The zero-order valence-corrected chi connectivity index (χ0v) is 20.6. The van der Waals surface area contributed by atoms with Crippen LogP contribution in [0.4, 0.5) is 5.82 Å². The van der Waals surface area contributed by atoms with Gasteiger partial charge in [-0.25, -0.2) is 9.97 Å². The third-order valence-electron chi connectivity index (χ3n) is 6.29. The van der Waals surface area contributed by atoms with Gasteiger partial charge in [0.15, 0.2) is 5.16 Å². The monoisotopic (exact) mass is 467 g/mol. The van der Waals surface area contributed by atoms with Gasteiger partial charge in [-0.05, 0) is 36.5 Å². The Morgan fingerprint density at radius 2 is 1.67 bits per heavy atom. The van der Waals surface area contributed by atoms with Crippen LogP contribution in [0.3, 0.4) is 0 Å². The van der Waals surface area contributed by atoms with Crippen molar-refractivity contribution in [3.05, 3.63) is 47.2 Å². The molecule has 0 bridgehead atoms. The Morgan fingerprint density at radius 1 is 0.970 bits per heavy atom. The van der Waals surface area contributed by atoms with Gasteiger partial charge < -0.3 is 14.7 Å². The topological polar surface area (TPSA) is 69.6 Å². The number of piperazine rings is 1. The molecule has 2 amide bonds. The van der Waals surface area contributed by atoms with E-state index in [1.807, 2.05) is 29.2 Å². The number of carbonyl (C=O) groups excluding carboxylic acids is 2. The fraction of sp³-hybridized carbons (Fsp3) is 0.520. The minimum Gasteiger partial charge on any atom is -0.356 e. The summed E-state index contributed by atoms with van der Waals surface area (Å²) in [5.41, 5.74) is 2.84. The number of thioether (sulfide) groups is 1. The first-order chi connectivity index (χ1) is 15.9. The summed E-state index contributed by atoms with van der Waals surface area (Å²) < 4.78 is 0. The van der Waals surface area contributed by atoms with Crippen LogP contribution in [0.15, 0.2) is 35.5 Å². The fourth-order valence-corrected chi connectivity index (χ4v) is 5.05. The van der Waals surface area contributed by atoms with Crippen LogP contribution in [0.25, 0.3) is 0 Å². The summed E-state index contributed by atoms with van der Waals surface area (Å²) in [6, 6.07) is 9.96. The molecule has 0 spiro atoms. The van der Waals surface area contributed by atoms with Crippen molar-refractivity contribution >= 4 is 29.4 Å². The molecule has 1 aromatic carbocycles. The average Bonchev–Trinajstić information content (AvgIpc) is 3.37. The molecule has 0 unspecified atom stereocenters. The minimum atomic E-state index is 0.0272. The summed E-state index contributed by atoms with van der Waals surface area (Å²) in [6.07, 6.45) is 2.43. The molecule has 8 heteroatoms. The molecule has 3 heterocycles. The fourth-order valence-electron chi connectivity index (χ4n) is 4.25. The number of rotatable bonds is 6. The summed E-state index contributed by atoms with van der Waals surface area (Å²) >= 11 is 1.62. The van der Waals surface area contributed by atoms with Crippen LogP contribution in [-0.2, 0) is 10.5 Å². The first-order valence-corrected chi connectivity index (χ1v) is 12.8. The number of anilines is 1. The smallest absolute Gasteiger partial charge is 0.253 e. The van der Waals surface area contributed by atoms with Crippen molar-refractivity contribution in [2.45, 2.75) is 50.4 Å². The number of carbonyl (C=O) groups is 2. The second kappa shape index (κ2) is 10.5. The van der Waals surface area contributed by atoms with E-state index in [-0.39, 0.29) is 11.8 Å². The lowest BCUT2D eigenvalue weighted by molar-refractivity contribution is -0.130. The SMILES string of the molecule is CC(=O)N1CCN(C(=O)c2cccc(CSc3nc(C(C)C)cc(N4CCCC4)n3)c2)CC1. The molecule has 2 aromatic rings. The Hall–Kier alpha value is -2.61. The van der Waals surface area contributed by atoms with Gasteiger partial charge in [0, 0.05) is 69.3 Å². The number of aromatic nitrogens is 2. The maximum Gasteiger partial charge on any atom is 0.253 e. The molecule has 2 aliphatic rings. The molecule has 0 aliphatic carbocycles. The Bertz CT molecular complexity index is 998. The molecule has 33 heavy (non-hydrogen) atoms. The van der Waals surface area contributed by atoms with Gasteiger partial charge in [-0.3, -0.25) is 9.59 Å². The summed E-state index contributed by atoms with van der Waals surface area (Å²) in [5.74, 6) is 2.18. The van der Waals surface area contributed by atoms with Gasteiger partial charge in [0.05, 0.1) is 0 Å². The van der Waals surface area contributed by atoms with Crippen LogP contribution in [0.1, 0.15) is 61.1 Å². The molecular formula is C25H33N5O2S. The van der Waals surface area contributed by atoms with E-state index < -0.39 is 0 Å². The first-order valence-electron chi connectivity index (χ1n) is 11.8. The number of benzene rings is 1. The van der Waals surface area contributed by atoms with Gasteiger partial charge in [-0.15, -0.1) is 0 Å². The Kier molecular flexibility index (Phi) is 7.53. The molecule has 176 valence electrons. The summed E-state index contributed by atoms with van der Waals surface area (Å²) in [6.45, 7) is 10.4. The van der Waals surface area contributed by atoms with Crippen LogP contribution in [0.2, 0.25) is 0 Å². The van der Waals surface area contributed by atoms with Crippen molar-refractivity contribution in [2.24, 2.45) is 0 Å². The molecule has 0 radical (unpaired) electrons. The van der Waals surface area contributed by atoms with Crippen molar-refractivity contribution in [3.8, 4) is 0 Å². The molecular weight excluding hydrogens is 434 g/mol. The molecule has 0 atom stereocenters. The third kappa shape index (κ3) is 5.85. The second-order valence-corrected chi connectivity index (χ2v) is 10.0. The van der Waals surface area contributed by atoms with Gasteiger partial charge in [0.1, 0.15) is 5.82 Å². The van der Waals surface area contributed by atoms with Gasteiger partial charge in [0.25, 0.3) is 5.91 Å². The van der Waals surface area contributed by atoms with Crippen molar-refractivity contribution in [2.75, 3.05) is 44.2 Å². The van der Waals surface area contributed by atoms with Crippen molar-refractivity contribution in [1.29, 1.82) is 0 Å². The van der Waals surface area contributed by atoms with E-state index in [1.54, 1.807) is 23.6 Å². The highest BCUT2D eigenvalue weighted by Gasteiger charge is 2.23. The molecule has 4 rings (SSSR count). The predicted molar refractivity (Wildman–Crippen MR) is 132 cm³/mol. The molecule has 1 aromatic heterocycles. The van der Waals surface area contributed by atoms with E-state index in [9.17, 15) is 9.59 Å². The molecule has 2 aliphatic heterocycles. The highest BCUT2D eigenvalue weighted by atomic mass is 32.2. The zero-order chi connectivity index (χ0) is 23.4. The normalized spacial score (nSPS) is 16.5. The van der Waals surface area contributed by atoms with Gasteiger partial charge in [0.2, 0.25) is 5.91 Å². The highest BCUT2D eigenvalue weighted by Crippen LogP contribution is 2.27. The number of nitrogens with zero attached hydrogens (tertiary/aromatic N) is 5. The highest BCUT2D eigenvalue weighted by molar-refractivity contribution is 7.98. The minimum absolute atomic E-state index is 0.0272. The van der Waals surface area contributed by atoms with E-state index in [2.05, 4.69) is 24.8 Å². The van der Waals surface area contributed by atoms with E-state index in [0.29, 0.717) is 43.4 Å². The van der Waals surface area contributed by atoms with E-state index >= 15 is 0 Å². The van der Waals surface area contributed by atoms with E-state index in [0.717, 1.165) is 35.3 Å². The second-order valence-electron chi connectivity index (χ2n) is 9.07. The van der Waals surface area contributed by atoms with Crippen LogP contribution in [-0.4, -0.2) is 70.9 Å². The zero-order valence-electron chi connectivity index (χ0n) is 19.8. The lowest BCUT2D eigenvalue weighted by atomic mass is 10.1. The van der Waals surface area contributed by atoms with Crippen molar-refractivity contribution < 1.29 is 9.59 Å². The maximum atomic E-state index is 13.0. The van der Waals surface area contributed by atoms with E-state index in [4.69, 9.17) is 9.97 Å². The summed E-state index contributed by atoms with van der Waals surface area (Å²) in [7, 11) is 0. The van der Waals surface area contributed by atoms with E-state index in [1.165, 1.54) is 12.8 Å². The largest absolute Gasteiger partial charge is 0.356 e. The molecule has 7 nitrogen and oxygen atoms in total. The maximum absolute atomic E-state index is 13.0. The predicted octanol–water partition coefficient (Wildman–Crippen LogP) is 3.80. The van der Waals surface area contributed by atoms with Crippen LogP contribution >= 0.6 is 11.8 Å². The summed E-state index contributed by atoms with van der Waals surface area (Å²) in [4.78, 5) is 40.1. The number of hydrogen-bond donors (Lipinski definition) is 0. The van der Waals surface area contributed by atoms with Crippen LogP contribution in [0.5, 0.6) is 0 Å². The van der Waals surface area contributed by atoms with Crippen molar-refractivity contribution in [1.82, 2.24) is 19.8 Å². The third-order valence-corrected chi connectivity index (χ3v) is 7.21. The number of hydrogen-bond acceptors (Lipinski definition) is 6. The Balaban J connectivity index is 1.43. The lowest BCUT2D eigenvalue weighted by Gasteiger charge is -2.34. The molecule has 0 N–H and O–H groups in total. The van der Waals surface area contributed by atoms with Crippen LogP contribution in [0, 0.1) is 0 Å². The molecule has 2 fully saturated rings. The Morgan fingerprint density at radius 3 is 2.33 bits per heavy atom. The van der Waals surface area contributed by atoms with Crippen LogP contribution < -0.4 is 4.90 Å².